The summed E-state index contributed by atoms with van der Waals surface area (Å²) in [5, 5.41) is 11.0. The maximum Gasteiger partial charge on any atom is 0.274 e. The summed E-state index contributed by atoms with van der Waals surface area (Å²) >= 11 is 0. The number of nitro benzene ring substituents is 1. The fraction of sp³-hybridized carbons (Fsp3) is 0.200. The number of methoxy groups -OCH3 is 2. The van der Waals surface area contributed by atoms with Crippen molar-refractivity contribution in [3.05, 3.63) is 52.1 Å². The summed E-state index contributed by atoms with van der Waals surface area (Å²) in [6, 6.07) is 8.24. The van der Waals surface area contributed by atoms with Crippen molar-refractivity contribution in [2.75, 3.05) is 18.9 Å². The van der Waals surface area contributed by atoms with Gasteiger partial charge in [0.15, 0.2) is 11.5 Å². The molecule has 0 fully saturated rings. The molecular weight excluding hydrogens is 336 g/mol. The van der Waals surface area contributed by atoms with Gasteiger partial charge in [0.1, 0.15) is 0 Å². The smallest absolute Gasteiger partial charge is 0.274 e. The monoisotopic (exact) mass is 352 g/mol. The quantitative estimate of drug-likeness (QED) is 0.632. The zero-order valence-electron chi connectivity index (χ0n) is 13.3. The number of aryl methyl sites for hydroxylation is 1. The van der Waals surface area contributed by atoms with E-state index in [0.29, 0.717) is 11.3 Å². The molecule has 0 radical (unpaired) electrons. The summed E-state index contributed by atoms with van der Waals surface area (Å²) in [5.41, 5.74) is 0.374. The molecule has 0 aliphatic heterocycles. The van der Waals surface area contributed by atoms with Gasteiger partial charge in [-0.05, 0) is 25.1 Å². The van der Waals surface area contributed by atoms with E-state index in [0.717, 1.165) is 0 Å². The van der Waals surface area contributed by atoms with Gasteiger partial charge in [0, 0.05) is 17.7 Å². The molecule has 0 unspecified atom stereocenters. The van der Waals surface area contributed by atoms with Crippen LogP contribution in [0.5, 0.6) is 11.5 Å². The number of benzene rings is 2. The first-order valence-corrected chi connectivity index (χ1v) is 8.26. The highest BCUT2D eigenvalue weighted by Crippen LogP contribution is 2.30. The van der Waals surface area contributed by atoms with Gasteiger partial charge in [0.2, 0.25) is 0 Å². The highest BCUT2D eigenvalue weighted by Gasteiger charge is 2.19. The van der Waals surface area contributed by atoms with Gasteiger partial charge < -0.3 is 9.47 Å². The van der Waals surface area contributed by atoms with Gasteiger partial charge in [-0.25, -0.2) is 8.42 Å². The second-order valence-electron chi connectivity index (χ2n) is 4.88. The van der Waals surface area contributed by atoms with Gasteiger partial charge in [-0.2, -0.15) is 0 Å². The molecule has 0 aromatic heterocycles. The Labute approximate surface area is 139 Å². The molecule has 8 nitrogen and oxygen atoms in total. The Morgan fingerprint density at radius 2 is 1.71 bits per heavy atom. The van der Waals surface area contributed by atoms with Crippen LogP contribution in [0.3, 0.4) is 0 Å². The van der Waals surface area contributed by atoms with Crippen molar-refractivity contribution in [3.8, 4) is 11.5 Å². The lowest BCUT2D eigenvalue weighted by Gasteiger charge is -2.12. The first-order valence-electron chi connectivity index (χ1n) is 6.78. The Balaban J connectivity index is 2.38. The molecule has 0 amide bonds. The summed E-state index contributed by atoms with van der Waals surface area (Å²) in [7, 11) is -1.10. The molecule has 1 N–H and O–H groups in total. The summed E-state index contributed by atoms with van der Waals surface area (Å²) in [4.78, 5) is 10.3. The summed E-state index contributed by atoms with van der Waals surface area (Å²) in [5.74, 6) is 0.651. The van der Waals surface area contributed by atoms with Gasteiger partial charge in [-0.1, -0.05) is 6.07 Å². The topological polar surface area (TPSA) is 108 Å². The van der Waals surface area contributed by atoms with E-state index in [1.165, 1.54) is 50.6 Å². The number of anilines is 1. The molecule has 0 heterocycles. The van der Waals surface area contributed by atoms with Gasteiger partial charge in [0.05, 0.1) is 29.7 Å². The van der Waals surface area contributed by atoms with Gasteiger partial charge in [0.25, 0.3) is 15.7 Å². The number of rotatable bonds is 6. The maximum atomic E-state index is 12.5. The molecule has 128 valence electrons. The van der Waals surface area contributed by atoms with Crippen LogP contribution in [0.4, 0.5) is 11.4 Å². The number of hydrogen-bond donors (Lipinski definition) is 1. The molecule has 0 saturated carbocycles. The van der Waals surface area contributed by atoms with Gasteiger partial charge in [-0.15, -0.1) is 0 Å². The highest BCUT2D eigenvalue weighted by atomic mass is 32.2. The molecule has 24 heavy (non-hydrogen) atoms. The Hall–Kier alpha value is -2.81. The first kappa shape index (κ1) is 17.5. The lowest BCUT2D eigenvalue weighted by Crippen LogP contribution is -2.13. The van der Waals surface area contributed by atoms with E-state index in [2.05, 4.69) is 4.72 Å². The predicted octanol–water partition coefficient (Wildman–Crippen LogP) is 2.72. The fourth-order valence-electron chi connectivity index (χ4n) is 2.07. The molecule has 2 aromatic carbocycles. The van der Waals surface area contributed by atoms with Crippen molar-refractivity contribution in [1.29, 1.82) is 0 Å². The van der Waals surface area contributed by atoms with E-state index in [1.54, 1.807) is 6.92 Å². The molecule has 0 bridgehead atoms. The molecular formula is C15H16N2O6S. The van der Waals surface area contributed by atoms with Crippen molar-refractivity contribution in [2.24, 2.45) is 0 Å². The Bertz CT molecular complexity index is 880. The van der Waals surface area contributed by atoms with Crippen LogP contribution in [-0.4, -0.2) is 27.6 Å². The van der Waals surface area contributed by atoms with Crippen LogP contribution in [0.1, 0.15) is 5.56 Å². The second-order valence-corrected chi connectivity index (χ2v) is 6.56. The molecule has 0 spiro atoms. The first-order chi connectivity index (χ1) is 11.3. The number of nitrogens with zero attached hydrogens (tertiary/aromatic N) is 1. The minimum Gasteiger partial charge on any atom is -0.493 e. The van der Waals surface area contributed by atoms with E-state index < -0.39 is 14.9 Å². The van der Waals surface area contributed by atoms with E-state index in [9.17, 15) is 18.5 Å². The zero-order valence-corrected chi connectivity index (χ0v) is 14.1. The Kier molecular flexibility index (Phi) is 4.93. The number of sulfonamides is 1. The molecule has 0 atom stereocenters. The maximum absolute atomic E-state index is 12.5. The van der Waals surface area contributed by atoms with Crippen LogP contribution in [0.15, 0.2) is 41.3 Å². The molecule has 0 aliphatic carbocycles. The third kappa shape index (κ3) is 3.57. The number of ether oxygens (including phenoxy) is 2. The number of hydrogen-bond acceptors (Lipinski definition) is 6. The lowest BCUT2D eigenvalue weighted by atomic mass is 10.2. The average molecular weight is 352 g/mol. The minimum atomic E-state index is -3.93. The van der Waals surface area contributed by atoms with Crippen molar-refractivity contribution in [3.63, 3.8) is 0 Å². The standard InChI is InChI=1S/C15H16N2O6S/c1-10-4-5-11(8-13(10)17(18)19)16-24(20,21)12-6-7-14(22-2)15(9-12)23-3/h4-9,16H,1-3H3. The molecule has 2 rings (SSSR count). The van der Waals surface area contributed by atoms with Crippen molar-refractivity contribution in [1.82, 2.24) is 0 Å². The summed E-state index contributed by atoms with van der Waals surface area (Å²) in [6.45, 7) is 1.57. The van der Waals surface area contributed by atoms with Gasteiger partial charge >= 0.3 is 0 Å². The number of nitro groups is 1. The van der Waals surface area contributed by atoms with Gasteiger partial charge in [-0.3, -0.25) is 14.8 Å². The predicted molar refractivity (Wildman–Crippen MR) is 88.2 cm³/mol. The second kappa shape index (κ2) is 6.75. The zero-order chi connectivity index (χ0) is 17.9. The van der Waals surface area contributed by atoms with Crippen LogP contribution >= 0.6 is 0 Å². The Morgan fingerprint density at radius 1 is 1.04 bits per heavy atom. The molecule has 0 aliphatic rings. The van der Waals surface area contributed by atoms with E-state index in [4.69, 9.17) is 9.47 Å². The molecule has 0 saturated heterocycles. The third-order valence-corrected chi connectivity index (χ3v) is 4.70. The third-order valence-electron chi connectivity index (χ3n) is 3.32. The SMILES string of the molecule is COc1ccc(S(=O)(=O)Nc2ccc(C)c([N+](=O)[O-])c2)cc1OC. The Morgan fingerprint density at radius 3 is 2.29 bits per heavy atom. The summed E-state index contributed by atoms with van der Waals surface area (Å²) < 4.78 is 37.4. The number of nitrogens with one attached hydrogen (secondary N) is 1. The van der Waals surface area contributed by atoms with Crippen LogP contribution in [0.2, 0.25) is 0 Å². The van der Waals surface area contributed by atoms with Crippen molar-refractivity contribution < 1.29 is 22.8 Å². The summed E-state index contributed by atoms with van der Waals surface area (Å²) in [6.07, 6.45) is 0. The minimum absolute atomic E-state index is 0.0524. The molecule has 9 heteroatoms. The normalized spacial score (nSPS) is 11.0. The van der Waals surface area contributed by atoms with Crippen LogP contribution in [0.25, 0.3) is 0 Å². The van der Waals surface area contributed by atoms with Crippen molar-refractivity contribution >= 4 is 21.4 Å². The van der Waals surface area contributed by atoms with Crippen LogP contribution in [0, 0.1) is 17.0 Å². The van der Waals surface area contributed by atoms with E-state index >= 15 is 0 Å². The van der Waals surface area contributed by atoms with Crippen molar-refractivity contribution in [2.45, 2.75) is 11.8 Å². The lowest BCUT2D eigenvalue weighted by molar-refractivity contribution is -0.385. The van der Waals surface area contributed by atoms with Crippen LogP contribution in [-0.2, 0) is 10.0 Å². The van der Waals surface area contributed by atoms with E-state index in [1.807, 2.05) is 0 Å². The fourth-order valence-corrected chi connectivity index (χ4v) is 3.13. The highest BCUT2D eigenvalue weighted by molar-refractivity contribution is 7.92. The average Bonchev–Trinajstić information content (AvgIpc) is 2.55. The largest absolute Gasteiger partial charge is 0.493 e. The molecule has 2 aromatic rings. The van der Waals surface area contributed by atoms with E-state index in [-0.39, 0.29) is 22.0 Å². The van der Waals surface area contributed by atoms with Crippen LogP contribution < -0.4 is 14.2 Å².